The molecule has 0 amide bonds. The molecule has 1 aromatic rings. The van der Waals surface area contributed by atoms with Gasteiger partial charge in [-0.3, -0.25) is 4.79 Å². The van der Waals surface area contributed by atoms with Gasteiger partial charge in [0.05, 0.1) is 12.4 Å². The third kappa shape index (κ3) is 3.14. The fourth-order valence-electron chi connectivity index (χ4n) is 7.97. The highest BCUT2D eigenvalue weighted by Gasteiger charge is 2.78. The Morgan fingerprint density at radius 3 is 2.62 bits per heavy atom. The molecule has 1 N–H and O–H groups in total. The van der Waals surface area contributed by atoms with E-state index in [4.69, 9.17) is 13.9 Å². The molecule has 7 nitrogen and oxygen atoms in total. The van der Waals surface area contributed by atoms with Crippen LogP contribution in [0.15, 0.2) is 46.6 Å². The summed E-state index contributed by atoms with van der Waals surface area (Å²) >= 11 is 0. The second kappa shape index (κ2) is 8.31. The van der Waals surface area contributed by atoms with E-state index in [2.05, 4.69) is 0 Å². The summed E-state index contributed by atoms with van der Waals surface area (Å²) in [5, 5.41) is 11.5. The number of halogens is 3. The number of esters is 2. The van der Waals surface area contributed by atoms with Gasteiger partial charge in [0.2, 0.25) is 18.2 Å². The van der Waals surface area contributed by atoms with Gasteiger partial charge in [0.15, 0.2) is 11.5 Å². The maximum absolute atomic E-state index is 17.3. The van der Waals surface area contributed by atoms with Gasteiger partial charge in [-0.15, -0.1) is 0 Å². The van der Waals surface area contributed by atoms with E-state index in [0.717, 1.165) is 6.08 Å². The van der Waals surface area contributed by atoms with Crippen LogP contribution in [0.1, 0.15) is 50.6 Å². The van der Waals surface area contributed by atoms with Gasteiger partial charge in [0.25, 0.3) is 0 Å². The van der Waals surface area contributed by atoms with E-state index in [1.807, 2.05) is 0 Å². The lowest BCUT2D eigenvalue weighted by atomic mass is 9.44. The number of hydrogen-bond donors (Lipinski definition) is 1. The fraction of sp³-hybridized carbons (Fsp3) is 0.593. The zero-order valence-electron chi connectivity index (χ0n) is 20.7. The molecule has 0 aliphatic heterocycles. The summed E-state index contributed by atoms with van der Waals surface area (Å²) in [6.45, 7) is 3.15. The van der Waals surface area contributed by atoms with Gasteiger partial charge in [0, 0.05) is 22.7 Å². The number of carbonyl (C=O) groups is 3. The molecule has 9 atom stereocenters. The van der Waals surface area contributed by atoms with Gasteiger partial charge in [0.1, 0.15) is 6.17 Å². The van der Waals surface area contributed by atoms with Gasteiger partial charge < -0.3 is 19.0 Å². The molecule has 37 heavy (non-hydrogen) atoms. The van der Waals surface area contributed by atoms with Crippen LogP contribution in [0.2, 0.25) is 0 Å². The maximum atomic E-state index is 17.3. The minimum Gasteiger partial charge on any atom is -0.457 e. The largest absolute Gasteiger partial charge is 0.457 e. The minimum absolute atomic E-state index is 0.0280. The van der Waals surface area contributed by atoms with Gasteiger partial charge in [-0.25, -0.2) is 22.8 Å². The second-order valence-electron chi connectivity index (χ2n) is 11.1. The quantitative estimate of drug-likeness (QED) is 0.591. The van der Waals surface area contributed by atoms with Crippen molar-refractivity contribution in [3.05, 3.63) is 48.0 Å². The molecule has 0 saturated heterocycles. The van der Waals surface area contributed by atoms with E-state index in [1.165, 1.54) is 37.5 Å². The lowest BCUT2D eigenvalue weighted by molar-refractivity contribution is -0.232. The van der Waals surface area contributed by atoms with Crippen molar-refractivity contribution in [1.82, 2.24) is 0 Å². The zero-order chi connectivity index (χ0) is 27.0. The first-order valence-electron chi connectivity index (χ1n) is 12.3. The Labute approximate surface area is 211 Å². The summed E-state index contributed by atoms with van der Waals surface area (Å²) in [6, 6.07) is 2.78. The Kier molecular flexibility index (Phi) is 5.79. The average molecular weight is 523 g/mol. The fourth-order valence-corrected chi connectivity index (χ4v) is 7.97. The number of allylic oxidation sites excluding steroid dienone is 4. The molecule has 0 radical (unpaired) electrons. The first-order valence-corrected chi connectivity index (χ1v) is 12.3. The molecular weight excluding hydrogens is 493 g/mol. The normalized spacial score (nSPS) is 44.4. The Bertz CT molecular complexity index is 1190. The van der Waals surface area contributed by atoms with Crippen molar-refractivity contribution in [1.29, 1.82) is 0 Å². The van der Waals surface area contributed by atoms with E-state index in [1.54, 1.807) is 13.8 Å². The van der Waals surface area contributed by atoms with Crippen molar-refractivity contribution in [2.45, 2.75) is 63.6 Å². The molecule has 0 aromatic carbocycles. The third-order valence-electron chi connectivity index (χ3n) is 9.63. The average Bonchev–Trinajstić information content (AvgIpc) is 3.45. The lowest BCUT2D eigenvalue weighted by Gasteiger charge is -2.63. The predicted octanol–water partition coefficient (Wildman–Crippen LogP) is 4.21. The van der Waals surface area contributed by atoms with Crippen LogP contribution >= 0.6 is 0 Å². The molecule has 0 bridgehead atoms. The number of furan rings is 1. The SMILES string of the molecule is C[C@@H]1C[C@H]2[C@@H]3C[C@H](F)C4=CC(=O)C=C[C@]4(C)[C@@]3(F)[C@@H](O)C[C@]2(C)[C@@]1(OC(=O)c1ccco1)C(=O)OCF. The minimum atomic E-state index is -2.38. The summed E-state index contributed by atoms with van der Waals surface area (Å²) in [5.41, 5.74) is -7.56. The lowest BCUT2D eigenvalue weighted by Crippen LogP contribution is -2.71. The number of fused-ring (bicyclic) bond motifs is 5. The van der Waals surface area contributed by atoms with Crippen LogP contribution in [0.25, 0.3) is 0 Å². The van der Waals surface area contributed by atoms with E-state index >= 15 is 8.78 Å². The second-order valence-corrected chi connectivity index (χ2v) is 11.1. The van der Waals surface area contributed by atoms with Crippen LogP contribution < -0.4 is 0 Å². The van der Waals surface area contributed by atoms with E-state index in [9.17, 15) is 23.9 Å². The van der Waals surface area contributed by atoms with Crippen molar-refractivity contribution >= 4 is 17.7 Å². The summed E-state index contributed by atoms with van der Waals surface area (Å²) in [5.74, 6) is -5.48. The maximum Gasteiger partial charge on any atom is 0.375 e. The molecule has 4 aliphatic rings. The highest BCUT2D eigenvalue weighted by atomic mass is 19.1. The van der Waals surface area contributed by atoms with Crippen molar-refractivity contribution in [3.8, 4) is 0 Å². The molecule has 4 aliphatic carbocycles. The zero-order valence-corrected chi connectivity index (χ0v) is 20.7. The summed E-state index contributed by atoms with van der Waals surface area (Å²) < 4.78 is 61.9. The van der Waals surface area contributed by atoms with Crippen LogP contribution in [-0.2, 0) is 19.1 Å². The van der Waals surface area contributed by atoms with Crippen molar-refractivity contribution < 1.29 is 46.6 Å². The molecule has 1 heterocycles. The van der Waals surface area contributed by atoms with Crippen LogP contribution in [0.5, 0.6) is 0 Å². The van der Waals surface area contributed by atoms with Crippen molar-refractivity contribution in [2.24, 2.45) is 28.6 Å². The first kappa shape index (κ1) is 25.8. The molecule has 200 valence electrons. The number of carbonyl (C=O) groups excluding carboxylic acids is 3. The summed E-state index contributed by atoms with van der Waals surface area (Å²) in [7, 11) is 0. The Morgan fingerprint density at radius 1 is 1.24 bits per heavy atom. The van der Waals surface area contributed by atoms with Gasteiger partial charge >= 0.3 is 11.9 Å². The third-order valence-corrected chi connectivity index (χ3v) is 9.63. The molecule has 10 heteroatoms. The van der Waals surface area contributed by atoms with Crippen LogP contribution in [0.4, 0.5) is 13.2 Å². The Hall–Kier alpha value is -2.88. The Balaban J connectivity index is 1.64. The number of aliphatic hydroxyl groups is 1. The molecular formula is C27H29F3O7. The predicted molar refractivity (Wildman–Crippen MR) is 122 cm³/mol. The Morgan fingerprint density at radius 2 is 1.97 bits per heavy atom. The smallest absolute Gasteiger partial charge is 0.375 e. The highest BCUT2D eigenvalue weighted by molar-refractivity contribution is 6.01. The van der Waals surface area contributed by atoms with E-state index in [0.29, 0.717) is 0 Å². The summed E-state index contributed by atoms with van der Waals surface area (Å²) in [4.78, 5) is 38.4. The van der Waals surface area contributed by atoms with E-state index in [-0.39, 0.29) is 30.6 Å². The number of aliphatic hydroxyl groups excluding tert-OH is 1. The highest BCUT2D eigenvalue weighted by Crippen LogP contribution is 2.71. The summed E-state index contributed by atoms with van der Waals surface area (Å²) in [6.07, 6.45) is 0.836. The number of alkyl halides is 3. The van der Waals surface area contributed by atoms with Crippen LogP contribution in [0.3, 0.4) is 0 Å². The van der Waals surface area contributed by atoms with Crippen molar-refractivity contribution in [2.75, 3.05) is 6.86 Å². The van der Waals surface area contributed by atoms with Crippen molar-refractivity contribution in [3.63, 3.8) is 0 Å². The number of hydrogen-bond acceptors (Lipinski definition) is 7. The van der Waals surface area contributed by atoms with Crippen LogP contribution in [-0.4, -0.2) is 53.2 Å². The first-order chi connectivity index (χ1) is 17.4. The molecule has 0 spiro atoms. The van der Waals surface area contributed by atoms with Crippen LogP contribution in [0, 0.1) is 28.6 Å². The monoisotopic (exact) mass is 522 g/mol. The number of ether oxygens (including phenoxy) is 2. The standard InChI is InChI=1S/C27H29F3O7/c1-14-9-16-17-11-19(29)18-10-15(31)6-7-24(18,2)26(17,30)21(32)12-25(16,3)27(14,23(34)36-13-28)37-22(33)20-5-4-8-35-20/h4-8,10,14,16-17,19,21,32H,9,11-13H2,1-3H3/t14-,16+,17+,19+,21+,24+,25+,26+,27+/m1/s1. The molecule has 5 rings (SSSR count). The number of ketones is 1. The van der Waals surface area contributed by atoms with E-state index < -0.39 is 76.7 Å². The molecule has 0 unspecified atom stereocenters. The molecule has 3 fully saturated rings. The molecule has 3 saturated carbocycles. The number of rotatable bonds is 4. The van der Waals surface area contributed by atoms with Gasteiger partial charge in [-0.05, 0) is 62.0 Å². The van der Waals surface area contributed by atoms with Gasteiger partial charge in [-0.1, -0.05) is 19.9 Å². The molecule has 1 aromatic heterocycles. The van der Waals surface area contributed by atoms with Gasteiger partial charge in [-0.2, -0.15) is 0 Å². The topological polar surface area (TPSA) is 103 Å².